The number of hydrogen-bond donors (Lipinski definition) is 1. The number of nitrogens with one attached hydrogen (secondary N) is 1. The number of rotatable bonds is 4. The lowest BCUT2D eigenvalue weighted by Gasteiger charge is -2.07. The molecule has 0 atom stereocenters. The summed E-state index contributed by atoms with van der Waals surface area (Å²) in [6.45, 7) is 0. The number of fused-ring (bicyclic) bond motifs is 1. The summed E-state index contributed by atoms with van der Waals surface area (Å²) >= 11 is 0. The van der Waals surface area contributed by atoms with Gasteiger partial charge in [-0.1, -0.05) is 6.07 Å². The molecule has 0 saturated heterocycles. The zero-order chi connectivity index (χ0) is 16.8. The van der Waals surface area contributed by atoms with Gasteiger partial charge in [0.1, 0.15) is 4.90 Å². The van der Waals surface area contributed by atoms with Crippen LogP contribution in [-0.4, -0.2) is 31.2 Å². The number of benzene rings is 1. The summed E-state index contributed by atoms with van der Waals surface area (Å²) in [7, 11) is -5.14. The average molecular weight is 354 g/mol. The molecule has 0 unspecified atom stereocenters. The van der Waals surface area contributed by atoms with Crippen molar-refractivity contribution in [1.29, 1.82) is 0 Å². The van der Waals surface area contributed by atoms with E-state index >= 15 is 0 Å². The molecular weight excluding hydrogens is 340 g/mol. The van der Waals surface area contributed by atoms with Crippen LogP contribution >= 0.6 is 0 Å². The molecule has 0 bridgehead atoms. The summed E-state index contributed by atoms with van der Waals surface area (Å²) in [4.78, 5) is -0.345. The van der Waals surface area contributed by atoms with Gasteiger partial charge in [-0.15, -0.1) is 4.13 Å². The van der Waals surface area contributed by atoms with Gasteiger partial charge in [0.05, 0.1) is 11.1 Å². The first kappa shape index (κ1) is 15.7. The number of hydrogen-bond acceptors (Lipinski definition) is 5. The van der Waals surface area contributed by atoms with Gasteiger partial charge in [-0.25, -0.2) is 16.8 Å². The Morgan fingerprint density at radius 3 is 2.35 bits per heavy atom. The number of nitrogens with zero attached hydrogens (tertiary/aromatic N) is 3. The molecule has 0 fully saturated rings. The summed E-state index contributed by atoms with van der Waals surface area (Å²) < 4.78 is 53.9. The molecule has 0 radical (unpaired) electrons. The molecule has 0 amide bonds. The van der Waals surface area contributed by atoms with Crippen molar-refractivity contribution in [1.82, 2.24) is 18.5 Å². The quantitative estimate of drug-likeness (QED) is 0.738. The number of aryl methyl sites for hydroxylation is 2. The van der Waals surface area contributed by atoms with Crippen LogP contribution in [0.25, 0.3) is 10.9 Å². The van der Waals surface area contributed by atoms with E-state index < -0.39 is 20.0 Å². The molecule has 3 rings (SSSR count). The summed E-state index contributed by atoms with van der Waals surface area (Å²) in [5, 5.41) is 4.59. The minimum absolute atomic E-state index is 0.126. The topological polar surface area (TPSA) is 103 Å². The zero-order valence-corrected chi connectivity index (χ0v) is 14.0. The van der Waals surface area contributed by atoms with Gasteiger partial charge in [-0.2, -0.15) is 5.10 Å². The molecule has 10 heteroatoms. The third-order valence-corrected chi connectivity index (χ3v) is 6.84. The van der Waals surface area contributed by atoms with Crippen LogP contribution < -0.4 is 4.13 Å². The van der Waals surface area contributed by atoms with E-state index in [9.17, 15) is 16.8 Å². The summed E-state index contributed by atoms with van der Waals surface area (Å²) in [5.41, 5.74) is 0.687. The van der Waals surface area contributed by atoms with Crippen molar-refractivity contribution in [3.63, 3.8) is 0 Å². The molecule has 3 aromatic rings. The van der Waals surface area contributed by atoms with Gasteiger partial charge in [0.15, 0.2) is 0 Å². The van der Waals surface area contributed by atoms with Crippen LogP contribution in [0, 0.1) is 0 Å². The molecule has 2 aromatic heterocycles. The van der Waals surface area contributed by atoms with Crippen molar-refractivity contribution in [2.45, 2.75) is 9.79 Å². The Kier molecular flexibility index (Phi) is 3.54. The first-order valence-corrected chi connectivity index (χ1v) is 9.48. The van der Waals surface area contributed by atoms with E-state index in [1.54, 1.807) is 28.0 Å². The molecule has 0 aliphatic rings. The molecule has 1 aromatic carbocycles. The summed E-state index contributed by atoms with van der Waals surface area (Å²) in [6.07, 6.45) is 4.09. The highest BCUT2D eigenvalue weighted by molar-refractivity contribution is 8.04. The second-order valence-electron chi connectivity index (χ2n) is 5.09. The number of sulfonamides is 2. The van der Waals surface area contributed by atoms with E-state index in [0.29, 0.717) is 5.52 Å². The normalized spacial score (nSPS) is 12.8. The predicted octanol–water partition coefficient (Wildman–Crippen LogP) is 0.579. The molecule has 8 nitrogen and oxygen atoms in total. The van der Waals surface area contributed by atoms with Crippen LogP contribution in [0.1, 0.15) is 0 Å². The Morgan fingerprint density at radius 2 is 1.70 bits per heavy atom. The third-order valence-electron chi connectivity index (χ3n) is 3.38. The Hall–Kier alpha value is -2.17. The lowest BCUT2D eigenvalue weighted by Crippen LogP contribution is -2.30. The SMILES string of the molecule is Cn1cc(S(=O)(=O)NS(=O)(=O)c2ccc3ccn(C)c3c2)cn1. The van der Waals surface area contributed by atoms with Crippen molar-refractivity contribution in [2.75, 3.05) is 0 Å². The highest BCUT2D eigenvalue weighted by atomic mass is 32.3. The van der Waals surface area contributed by atoms with Gasteiger partial charge >= 0.3 is 0 Å². The van der Waals surface area contributed by atoms with Crippen LogP contribution in [0.3, 0.4) is 0 Å². The molecule has 0 spiro atoms. The molecule has 1 N–H and O–H groups in total. The van der Waals surface area contributed by atoms with E-state index in [2.05, 4.69) is 5.10 Å². The molecule has 2 heterocycles. The van der Waals surface area contributed by atoms with Gasteiger partial charge in [0.2, 0.25) is 0 Å². The fraction of sp³-hybridized carbons (Fsp3) is 0.154. The van der Waals surface area contributed by atoms with Crippen molar-refractivity contribution in [3.8, 4) is 0 Å². The predicted molar refractivity (Wildman–Crippen MR) is 83.6 cm³/mol. The Labute approximate surface area is 133 Å². The lowest BCUT2D eigenvalue weighted by molar-refractivity contribution is 0.577. The first-order valence-electron chi connectivity index (χ1n) is 6.51. The first-order chi connectivity index (χ1) is 10.7. The van der Waals surface area contributed by atoms with Gasteiger partial charge < -0.3 is 4.57 Å². The van der Waals surface area contributed by atoms with Crippen LogP contribution in [0.4, 0.5) is 0 Å². The molecule has 122 valence electrons. The van der Waals surface area contributed by atoms with E-state index in [1.807, 2.05) is 6.07 Å². The highest BCUT2D eigenvalue weighted by Crippen LogP contribution is 2.20. The van der Waals surface area contributed by atoms with Gasteiger partial charge in [-0.05, 0) is 23.6 Å². The number of aromatic nitrogens is 3. The van der Waals surface area contributed by atoms with Gasteiger partial charge in [0, 0.05) is 32.0 Å². The molecule has 0 saturated carbocycles. The second kappa shape index (κ2) is 5.18. The minimum atomic E-state index is -4.23. The van der Waals surface area contributed by atoms with E-state index in [-0.39, 0.29) is 9.79 Å². The molecular formula is C13H14N4O4S2. The molecule has 0 aliphatic carbocycles. The Morgan fingerprint density at radius 1 is 1.00 bits per heavy atom. The smallest absolute Gasteiger partial charge is 0.256 e. The summed E-state index contributed by atoms with van der Waals surface area (Å²) in [6, 6.07) is 6.26. The van der Waals surface area contributed by atoms with Crippen LogP contribution in [0.15, 0.2) is 52.6 Å². The largest absolute Gasteiger partial charge is 0.351 e. The van der Waals surface area contributed by atoms with Crippen molar-refractivity contribution in [3.05, 3.63) is 42.9 Å². The Bertz CT molecular complexity index is 1090. The maximum atomic E-state index is 12.4. The fourth-order valence-electron chi connectivity index (χ4n) is 2.19. The van der Waals surface area contributed by atoms with E-state index in [1.165, 1.54) is 30.1 Å². The molecule has 0 aliphatic heterocycles. The van der Waals surface area contributed by atoms with Gasteiger partial charge in [-0.3, -0.25) is 4.68 Å². The van der Waals surface area contributed by atoms with Crippen molar-refractivity contribution >= 4 is 30.9 Å². The standard InChI is InChI=1S/C13H14N4O4S2/c1-16-6-5-10-3-4-11(7-13(10)16)22(18,19)15-23(20,21)12-8-14-17(2)9-12/h3-9,15H,1-2H3. The van der Waals surface area contributed by atoms with Crippen LogP contribution in [0.5, 0.6) is 0 Å². The second-order valence-corrected chi connectivity index (χ2v) is 8.71. The summed E-state index contributed by atoms with van der Waals surface area (Å²) in [5.74, 6) is 0. The van der Waals surface area contributed by atoms with Crippen molar-refractivity contribution in [2.24, 2.45) is 14.1 Å². The third kappa shape index (κ3) is 2.87. The van der Waals surface area contributed by atoms with Crippen LogP contribution in [-0.2, 0) is 34.1 Å². The fourth-order valence-corrected chi connectivity index (χ4v) is 5.10. The Balaban J connectivity index is 2.01. The minimum Gasteiger partial charge on any atom is -0.351 e. The van der Waals surface area contributed by atoms with Crippen molar-refractivity contribution < 1.29 is 16.8 Å². The monoisotopic (exact) mass is 354 g/mol. The maximum Gasteiger partial charge on any atom is 0.256 e. The van der Waals surface area contributed by atoms with E-state index in [4.69, 9.17) is 0 Å². The molecule has 23 heavy (non-hydrogen) atoms. The lowest BCUT2D eigenvalue weighted by atomic mass is 10.2. The zero-order valence-electron chi connectivity index (χ0n) is 12.3. The maximum absolute atomic E-state index is 12.4. The van der Waals surface area contributed by atoms with Crippen LogP contribution in [0.2, 0.25) is 0 Å². The highest BCUT2D eigenvalue weighted by Gasteiger charge is 2.26. The van der Waals surface area contributed by atoms with Gasteiger partial charge in [0.25, 0.3) is 20.0 Å². The average Bonchev–Trinajstić information content (AvgIpc) is 3.05. The van der Waals surface area contributed by atoms with E-state index in [0.717, 1.165) is 11.6 Å².